The summed E-state index contributed by atoms with van der Waals surface area (Å²) in [6, 6.07) is 0. The first kappa shape index (κ1) is 26.7. The minimum Gasteiger partial charge on any atom is -0.494 e. The first-order valence-electron chi connectivity index (χ1n) is 8.01. The lowest BCUT2D eigenvalue weighted by Crippen LogP contribution is -2.04. The van der Waals surface area contributed by atoms with Crippen molar-refractivity contribution in [2.24, 2.45) is 4.99 Å². The summed E-state index contributed by atoms with van der Waals surface area (Å²) in [7, 11) is 0. The van der Waals surface area contributed by atoms with Crippen molar-refractivity contribution in [1.82, 2.24) is 4.98 Å². The number of amides is 1. The topological polar surface area (TPSA) is 65.4 Å². The Morgan fingerprint density at radius 2 is 0.906 bits per heavy atom. The molecule has 2 N–H and O–H groups in total. The first-order chi connectivity index (χ1) is 14.9. The molecule has 0 spiro atoms. The Balaban J connectivity index is 2.04. The van der Waals surface area contributed by atoms with E-state index in [2.05, 4.69) is 169 Å². The van der Waals surface area contributed by atoms with E-state index < -0.39 is 5.91 Å². The first-order valence-corrected chi connectivity index (χ1v) is 15.9. The van der Waals surface area contributed by atoms with Crippen LogP contribution < -0.4 is 0 Å². The van der Waals surface area contributed by atoms with Crippen LogP contribution in [0, 0.1) is 0 Å². The third-order valence-electron chi connectivity index (χ3n) is 4.55. The molecule has 0 fully saturated rings. The molecular formula is C18H2Br10N2O2. The molecule has 1 aromatic heterocycles. The van der Waals surface area contributed by atoms with Crippen molar-refractivity contribution in [2.75, 3.05) is 0 Å². The van der Waals surface area contributed by atoms with Gasteiger partial charge in [0.05, 0.1) is 22.5 Å². The predicted octanol–water partition coefficient (Wildman–Crippen LogP) is 11.0. The summed E-state index contributed by atoms with van der Waals surface area (Å²) < 4.78 is 7.19. The Kier molecular flexibility index (Phi) is 8.22. The normalized spacial score (nSPS) is 13.1. The summed E-state index contributed by atoms with van der Waals surface area (Å²) in [5, 5.41) is 10.9. The number of carbonyl (C=O) groups is 1. The molecule has 0 unspecified atom stereocenters. The van der Waals surface area contributed by atoms with Crippen LogP contribution in [-0.4, -0.2) is 21.7 Å². The van der Waals surface area contributed by atoms with Crippen molar-refractivity contribution in [3.8, 4) is 17.1 Å². The van der Waals surface area contributed by atoms with Gasteiger partial charge in [0.1, 0.15) is 0 Å². The molecule has 1 aliphatic rings. The van der Waals surface area contributed by atoms with Gasteiger partial charge >= 0.3 is 0 Å². The number of rotatable bonds is 2. The highest BCUT2D eigenvalue weighted by Crippen LogP contribution is 2.52. The molecule has 1 amide bonds. The number of carbonyl (C=O) groups excluding carboxylic acids is 1. The molecule has 0 atom stereocenters. The third-order valence-corrected chi connectivity index (χ3v) is 16.7. The molecule has 166 valence electrons. The highest BCUT2D eigenvalue weighted by molar-refractivity contribution is 9.16. The van der Waals surface area contributed by atoms with Gasteiger partial charge in [-0.15, -0.1) is 0 Å². The standard InChI is InChI=1S/C18H2Br10N2O2/c19-5-3(6(20)10(24)13(27)9(5)23)15-1-2(18(32)29-15)16(30-17(1)31)4-7(21)11(25)14(28)12(26)8(4)22/h29,32H. The minimum atomic E-state index is -0.468. The van der Waals surface area contributed by atoms with E-state index in [9.17, 15) is 9.90 Å². The van der Waals surface area contributed by atoms with E-state index in [0.717, 1.165) is 26.8 Å². The molecule has 2 heterocycles. The molecule has 2 aromatic carbocycles. The van der Waals surface area contributed by atoms with Gasteiger partial charge in [0.2, 0.25) is 0 Å². The number of aromatic hydroxyl groups is 1. The summed E-state index contributed by atoms with van der Waals surface area (Å²) in [5.41, 5.74) is 2.60. The zero-order chi connectivity index (χ0) is 23.8. The molecule has 0 saturated carbocycles. The maximum absolute atomic E-state index is 13.1. The fourth-order valence-electron chi connectivity index (χ4n) is 3.15. The van der Waals surface area contributed by atoms with Gasteiger partial charge in [-0.05, 0) is 159 Å². The van der Waals surface area contributed by atoms with E-state index in [4.69, 9.17) is 0 Å². The number of hydrogen-bond donors (Lipinski definition) is 2. The lowest BCUT2D eigenvalue weighted by molar-refractivity contribution is 0.101. The zero-order valence-electron chi connectivity index (χ0n) is 14.6. The van der Waals surface area contributed by atoms with Crippen LogP contribution in [0.4, 0.5) is 0 Å². The zero-order valence-corrected chi connectivity index (χ0v) is 30.4. The quantitative estimate of drug-likeness (QED) is 0.198. The number of benzene rings is 2. The Bertz CT molecular complexity index is 1350. The van der Waals surface area contributed by atoms with Gasteiger partial charge in [0.25, 0.3) is 5.91 Å². The smallest absolute Gasteiger partial charge is 0.280 e. The molecular weight excluding hydrogens is 1080 g/mol. The minimum absolute atomic E-state index is 0.164. The van der Waals surface area contributed by atoms with Crippen LogP contribution in [0.5, 0.6) is 5.88 Å². The average Bonchev–Trinajstić information content (AvgIpc) is 3.27. The van der Waals surface area contributed by atoms with Crippen LogP contribution in [0.15, 0.2) is 49.7 Å². The fourth-order valence-corrected chi connectivity index (χ4v) is 10.0. The summed E-state index contributed by atoms with van der Waals surface area (Å²) in [4.78, 5) is 20.4. The van der Waals surface area contributed by atoms with Crippen molar-refractivity contribution in [3.05, 3.63) is 61.4 Å². The second kappa shape index (κ2) is 9.85. The van der Waals surface area contributed by atoms with Crippen LogP contribution in [0.25, 0.3) is 11.3 Å². The van der Waals surface area contributed by atoms with Gasteiger partial charge in [-0.3, -0.25) is 4.79 Å². The highest BCUT2D eigenvalue weighted by atomic mass is 79.9. The molecule has 14 heteroatoms. The van der Waals surface area contributed by atoms with Crippen molar-refractivity contribution in [2.45, 2.75) is 0 Å². The lowest BCUT2D eigenvalue weighted by atomic mass is 10.00. The number of aromatic nitrogens is 1. The van der Waals surface area contributed by atoms with Crippen molar-refractivity contribution in [1.29, 1.82) is 0 Å². The maximum atomic E-state index is 13.1. The van der Waals surface area contributed by atoms with Crippen molar-refractivity contribution < 1.29 is 9.90 Å². The number of aliphatic imine (C=N–C) groups is 1. The molecule has 4 nitrogen and oxygen atoms in total. The Labute approximate surface area is 265 Å². The highest BCUT2D eigenvalue weighted by Gasteiger charge is 2.37. The number of nitrogens with zero attached hydrogens (tertiary/aromatic N) is 1. The number of fused-ring (bicyclic) bond motifs is 1. The lowest BCUT2D eigenvalue weighted by Gasteiger charge is -2.13. The molecule has 0 aliphatic carbocycles. The van der Waals surface area contributed by atoms with Crippen LogP contribution in [0.1, 0.15) is 21.5 Å². The third kappa shape index (κ3) is 4.06. The van der Waals surface area contributed by atoms with E-state index in [1.165, 1.54) is 0 Å². The number of halogens is 10. The van der Waals surface area contributed by atoms with Gasteiger partial charge in [-0.1, -0.05) is 0 Å². The predicted molar refractivity (Wildman–Crippen MR) is 161 cm³/mol. The summed E-state index contributed by atoms with van der Waals surface area (Å²) in [5.74, 6) is -0.632. The summed E-state index contributed by atoms with van der Waals surface area (Å²) >= 11 is 35.5. The Hall–Kier alpha value is 1.66. The van der Waals surface area contributed by atoms with Crippen LogP contribution in [0.3, 0.4) is 0 Å². The Morgan fingerprint density at radius 1 is 0.531 bits per heavy atom. The molecule has 1 aliphatic heterocycles. The second-order valence-electron chi connectivity index (χ2n) is 6.25. The largest absolute Gasteiger partial charge is 0.494 e. The van der Waals surface area contributed by atoms with E-state index >= 15 is 0 Å². The fraction of sp³-hybridized carbons (Fsp3) is 0. The number of nitrogens with one attached hydrogen (secondary N) is 1. The van der Waals surface area contributed by atoms with E-state index in [1.807, 2.05) is 0 Å². The molecule has 0 saturated heterocycles. The van der Waals surface area contributed by atoms with E-state index in [-0.39, 0.29) is 11.4 Å². The van der Waals surface area contributed by atoms with Crippen molar-refractivity contribution in [3.63, 3.8) is 0 Å². The van der Waals surface area contributed by atoms with Crippen LogP contribution in [0.2, 0.25) is 0 Å². The monoisotopic (exact) mass is 1070 g/mol. The average molecular weight is 1080 g/mol. The van der Waals surface area contributed by atoms with Gasteiger partial charge < -0.3 is 10.1 Å². The van der Waals surface area contributed by atoms with Gasteiger partial charge in [-0.2, -0.15) is 0 Å². The molecule has 0 radical (unpaired) electrons. The number of H-pyrrole nitrogens is 1. The Morgan fingerprint density at radius 3 is 1.34 bits per heavy atom. The van der Waals surface area contributed by atoms with Gasteiger partial charge in [0.15, 0.2) is 5.88 Å². The van der Waals surface area contributed by atoms with Gasteiger partial charge in [-0.25, -0.2) is 4.99 Å². The molecule has 32 heavy (non-hydrogen) atoms. The number of aromatic amines is 1. The van der Waals surface area contributed by atoms with Crippen LogP contribution in [-0.2, 0) is 0 Å². The van der Waals surface area contributed by atoms with E-state index in [0.29, 0.717) is 46.0 Å². The van der Waals surface area contributed by atoms with Crippen molar-refractivity contribution >= 4 is 171 Å². The van der Waals surface area contributed by atoms with Gasteiger partial charge in [0, 0.05) is 55.9 Å². The SMILES string of the molecule is O=C1N=C(c2c(Br)c(Br)c(Br)c(Br)c2Br)c2c(O)[nH]c(-c3c(Br)c(Br)c(Br)c(Br)c3Br)c21. The number of hydrogen-bond acceptors (Lipinski definition) is 2. The van der Waals surface area contributed by atoms with Crippen LogP contribution >= 0.6 is 159 Å². The second-order valence-corrected chi connectivity index (χ2v) is 14.2. The molecule has 3 aromatic rings. The van der Waals surface area contributed by atoms with E-state index in [1.54, 1.807) is 0 Å². The maximum Gasteiger partial charge on any atom is 0.280 e. The molecule has 4 rings (SSSR count). The summed E-state index contributed by atoms with van der Waals surface area (Å²) in [6.07, 6.45) is 0. The molecule has 0 bridgehead atoms. The summed E-state index contributed by atoms with van der Waals surface area (Å²) in [6.45, 7) is 0.